The molecule has 0 aliphatic carbocycles. The molecule has 2 atom stereocenters. The van der Waals surface area contributed by atoms with E-state index in [1.54, 1.807) is 19.1 Å². The van der Waals surface area contributed by atoms with E-state index >= 15 is 0 Å². The molecule has 0 amide bonds. The van der Waals surface area contributed by atoms with Crippen LogP contribution in [-0.2, 0) is 0 Å². The first-order valence-electron chi connectivity index (χ1n) is 4.58. The smallest absolute Gasteiger partial charge is 0.417 e. The predicted molar refractivity (Wildman–Crippen MR) is 64.3 cm³/mol. The van der Waals surface area contributed by atoms with Crippen LogP contribution in [0.4, 0.5) is 16.8 Å². The second-order valence-corrected chi connectivity index (χ2v) is 8.01. The van der Waals surface area contributed by atoms with Gasteiger partial charge in [-0.15, -0.1) is 17.1 Å². The molecule has 18 heavy (non-hydrogen) atoms. The molecule has 0 N–H and O–H groups in total. The molecule has 0 fully saturated rings. The van der Waals surface area contributed by atoms with Gasteiger partial charge in [0.1, 0.15) is 5.75 Å². The summed E-state index contributed by atoms with van der Waals surface area (Å²) in [5.74, 6) is -0.0192. The molecule has 0 bridgehead atoms. The first kappa shape index (κ1) is 13.7. The lowest BCUT2D eigenvalue weighted by Crippen LogP contribution is -1.86. The van der Waals surface area contributed by atoms with Crippen molar-refractivity contribution in [3.63, 3.8) is 0 Å². The zero-order valence-electron chi connectivity index (χ0n) is 8.91. The van der Waals surface area contributed by atoms with Crippen molar-refractivity contribution in [3.05, 3.63) is 29.8 Å². The highest BCUT2D eigenvalue weighted by molar-refractivity contribution is 7.74. The van der Waals surface area contributed by atoms with E-state index in [4.69, 9.17) is 0 Å². The lowest BCUT2D eigenvalue weighted by Gasteiger charge is -2.10. The molecule has 4 nitrogen and oxygen atoms in total. The fraction of sp³-hybridized carbons (Fsp3) is 0.143. The summed E-state index contributed by atoms with van der Waals surface area (Å²) in [6.07, 6.45) is 0. The number of rotatable bonds is 2. The Morgan fingerprint density at radius 1 is 1.17 bits per heavy atom. The number of benzene rings is 1. The summed E-state index contributed by atoms with van der Waals surface area (Å²) < 4.78 is 65.1. The van der Waals surface area contributed by atoms with E-state index in [0.29, 0.717) is 0 Å². The second-order valence-electron chi connectivity index (χ2n) is 3.34. The lowest BCUT2D eigenvalue weighted by atomic mass is 10.2. The van der Waals surface area contributed by atoms with E-state index in [0.717, 1.165) is 5.56 Å². The molecule has 1 heterocycles. The average Bonchev–Trinajstić information content (AvgIpc) is 2.17. The van der Waals surface area contributed by atoms with E-state index in [9.17, 15) is 16.8 Å². The molecule has 0 spiro atoms. The Labute approximate surface area is 102 Å². The van der Waals surface area contributed by atoms with Crippen molar-refractivity contribution in [1.82, 2.24) is 0 Å². The van der Waals surface area contributed by atoms with Gasteiger partial charge in [0.25, 0.3) is 0 Å². The molecule has 1 aromatic carbocycles. The topological polar surface area (TPSA) is 46.3 Å². The Morgan fingerprint density at radius 2 is 1.78 bits per heavy atom. The highest BCUT2D eigenvalue weighted by atomic mass is 31.3. The monoisotopic (exact) mass is 318 g/mol. The van der Waals surface area contributed by atoms with Gasteiger partial charge in [-0.2, -0.15) is 0 Å². The Morgan fingerprint density at radius 3 is 2.33 bits per heavy atom. The van der Waals surface area contributed by atoms with Crippen LogP contribution in [0, 0.1) is 6.92 Å². The molecule has 1 aliphatic heterocycles. The first-order chi connectivity index (χ1) is 8.28. The van der Waals surface area contributed by atoms with Gasteiger partial charge in [-0.3, -0.25) is 0 Å². The zero-order chi connectivity index (χ0) is 13.4. The van der Waals surface area contributed by atoms with Gasteiger partial charge in [-0.25, -0.2) is 0 Å². The number of hydrogen-bond donors (Lipinski definition) is 0. The van der Waals surface area contributed by atoms with Crippen LogP contribution in [0.1, 0.15) is 5.56 Å². The fourth-order valence-corrected chi connectivity index (χ4v) is 5.71. The van der Waals surface area contributed by atoms with Gasteiger partial charge in [0.15, 0.2) is 0 Å². The van der Waals surface area contributed by atoms with Crippen LogP contribution in [0.3, 0.4) is 0 Å². The van der Waals surface area contributed by atoms with Crippen LogP contribution >= 0.6 is 23.7 Å². The van der Waals surface area contributed by atoms with Gasteiger partial charge in [-0.1, -0.05) is 17.7 Å². The highest BCUT2D eigenvalue weighted by Gasteiger charge is 2.42. The predicted octanol–water partition coefficient (Wildman–Crippen LogP) is 6.65. The van der Waals surface area contributed by atoms with E-state index in [1.165, 1.54) is 12.1 Å². The zero-order valence-corrected chi connectivity index (χ0v) is 11.6. The van der Waals surface area contributed by atoms with Crippen molar-refractivity contribution in [3.8, 4) is 5.75 Å². The van der Waals surface area contributed by atoms with Crippen molar-refractivity contribution < 1.29 is 21.3 Å². The van der Waals surface area contributed by atoms with Crippen molar-refractivity contribution in [2.45, 2.75) is 6.92 Å². The SMILES string of the molecule is Cc1ccc(OP2(F)=N[P+](F)=NP(F)(F)=N2)cc1. The highest BCUT2D eigenvalue weighted by Crippen LogP contribution is 2.75. The molecule has 1 aromatic rings. The number of nitrogens with zero attached hydrogens (tertiary/aromatic N) is 3. The van der Waals surface area contributed by atoms with E-state index in [-0.39, 0.29) is 5.75 Å². The molecule has 0 aromatic heterocycles. The average molecular weight is 318 g/mol. The molecule has 98 valence electrons. The third-order valence-corrected chi connectivity index (χ3v) is 6.94. The molecular formula is C7H7F4N3OP3+. The van der Waals surface area contributed by atoms with Crippen molar-refractivity contribution in [2.75, 3.05) is 0 Å². The Bertz CT molecular complexity index is 609. The van der Waals surface area contributed by atoms with Gasteiger partial charge in [-0.05, 0) is 19.1 Å². The maximum Gasteiger partial charge on any atom is 0.598 e. The number of hydrogen-bond acceptors (Lipinski definition) is 4. The largest absolute Gasteiger partial charge is 0.598 e. The van der Waals surface area contributed by atoms with E-state index in [1.807, 2.05) is 0 Å². The third-order valence-electron chi connectivity index (χ3n) is 1.83. The van der Waals surface area contributed by atoms with Crippen molar-refractivity contribution in [2.24, 2.45) is 13.5 Å². The molecule has 11 heteroatoms. The third kappa shape index (κ3) is 3.41. The molecule has 0 saturated heterocycles. The summed E-state index contributed by atoms with van der Waals surface area (Å²) in [7, 11) is -13.2. The van der Waals surface area contributed by atoms with Gasteiger partial charge in [0.05, 0.1) is 13.2 Å². The quantitative estimate of drug-likeness (QED) is 0.444. The minimum absolute atomic E-state index is 0.0192. The molecule has 0 saturated carbocycles. The Kier molecular flexibility index (Phi) is 3.63. The molecule has 1 aliphatic rings. The summed E-state index contributed by atoms with van der Waals surface area (Å²) in [4.78, 5) is 0. The number of aryl methyl sites for hydroxylation is 1. The first-order valence-corrected chi connectivity index (χ1v) is 8.70. The van der Waals surface area contributed by atoms with Gasteiger partial charge < -0.3 is 4.52 Å². The maximum absolute atomic E-state index is 13.9. The van der Waals surface area contributed by atoms with Crippen molar-refractivity contribution in [1.29, 1.82) is 0 Å². The minimum Gasteiger partial charge on any atom is -0.417 e. The molecule has 2 rings (SSSR count). The Balaban J connectivity index is 2.37. The molecule has 0 radical (unpaired) electrons. The second kappa shape index (κ2) is 4.76. The Hall–Kier alpha value is -0.700. The number of halogens is 4. The van der Waals surface area contributed by atoms with Crippen LogP contribution in [0.25, 0.3) is 0 Å². The maximum atomic E-state index is 13.9. The van der Waals surface area contributed by atoms with Gasteiger partial charge >= 0.3 is 23.7 Å². The standard InChI is InChI=1S/C7H7F4N3OP3/c1-6-2-4-7(5-3-6)15-18(11)13-16(8)12-17(9,10)14-18/h2-5H,1H3/q+1. The molecule has 2 unspecified atom stereocenters. The summed E-state index contributed by atoms with van der Waals surface area (Å²) >= 11 is 0. The van der Waals surface area contributed by atoms with Crippen molar-refractivity contribution >= 4 is 23.7 Å². The summed E-state index contributed by atoms with van der Waals surface area (Å²) in [6, 6.07) is 5.96. The minimum atomic E-state index is -5.30. The fourth-order valence-electron chi connectivity index (χ4n) is 1.14. The van der Waals surface area contributed by atoms with Gasteiger partial charge in [0.2, 0.25) is 0 Å². The lowest BCUT2D eigenvalue weighted by molar-refractivity contribution is 0.550. The van der Waals surface area contributed by atoms with E-state index < -0.39 is 23.7 Å². The van der Waals surface area contributed by atoms with Crippen LogP contribution in [0.5, 0.6) is 5.75 Å². The van der Waals surface area contributed by atoms with E-state index in [2.05, 4.69) is 18.1 Å². The normalized spacial score (nSPS) is 27.7. The summed E-state index contributed by atoms with van der Waals surface area (Å²) in [5.41, 5.74) is 0.881. The van der Waals surface area contributed by atoms with Crippen LogP contribution in [0.2, 0.25) is 0 Å². The van der Waals surface area contributed by atoms with Crippen LogP contribution < -0.4 is 4.52 Å². The summed E-state index contributed by atoms with van der Waals surface area (Å²) in [5, 5.41) is 0. The van der Waals surface area contributed by atoms with Gasteiger partial charge in [0, 0.05) is 0 Å². The van der Waals surface area contributed by atoms with Crippen LogP contribution in [0.15, 0.2) is 37.8 Å². The van der Waals surface area contributed by atoms with Crippen LogP contribution in [-0.4, -0.2) is 0 Å². The molecular weight excluding hydrogens is 311 g/mol. The summed E-state index contributed by atoms with van der Waals surface area (Å²) in [6.45, 7) is 1.79.